The third-order valence-electron chi connectivity index (χ3n) is 3.50. The molecular formula is C17H23FN4. The maximum Gasteiger partial charge on any atom is 0.194 e. The van der Waals surface area contributed by atoms with E-state index in [0.29, 0.717) is 12.1 Å². The van der Waals surface area contributed by atoms with Gasteiger partial charge in [0.1, 0.15) is 5.82 Å². The van der Waals surface area contributed by atoms with Crippen LogP contribution in [0.3, 0.4) is 0 Å². The Morgan fingerprint density at radius 2 is 2.05 bits per heavy atom. The molecule has 0 spiro atoms. The molecule has 0 radical (unpaired) electrons. The standard InChI is InChI=1S/C17H23FN4/c1-4-19-17(20-12-14-8-5-6-10-16(14)18)22(3)13-15-9-7-11-21(15)2/h5-11H,4,12-13H2,1-3H3,(H,19,20). The summed E-state index contributed by atoms with van der Waals surface area (Å²) >= 11 is 0. The Bertz CT molecular complexity index is 633. The Morgan fingerprint density at radius 1 is 1.27 bits per heavy atom. The summed E-state index contributed by atoms with van der Waals surface area (Å²) in [6.45, 7) is 3.86. The lowest BCUT2D eigenvalue weighted by molar-refractivity contribution is 0.461. The van der Waals surface area contributed by atoms with E-state index in [0.717, 1.165) is 19.0 Å². The van der Waals surface area contributed by atoms with Crippen LogP contribution in [0.2, 0.25) is 0 Å². The summed E-state index contributed by atoms with van der Waals surface area (Å²) < 4.78 is 15.8. The molecule has 5 heteroatoms. The summed E-state index contributed by atoms with van der Waals surface area (Å²) in [5.74, 6) is 0.555. The molecule has 0 bridgehead atoms. The van der Waals surface area contributed by atoms with Crippen LogP contribution in [0.25, 0.3) is 0 Å². The molecule has 0 fully saturated rings. The Labute approximate surface area is 131 Å². The highest BCUT2D eigenvalue weighted by Gasteiger charge is 2.09. The lowest BCUT2D eigenvalue weighted by Gasteiger charge is -2.22. The number of guanidine groups is 1. The third kappa shape index (κ3) is 4.10. The van der Waals surface area contributed by atoms with E-state index in [2.05, 4.69) is 20.9 Å². The first kappa shape index (κ1) is 16.1. The monoisotopic (exact) mass is 302 g/mol. The van der Waals surface area contributed by atoms with E-state index in [1.54, 1.807) is 12.1 Å². The molecule has 1 aromatic heterocycles. The topological polar surface area (TPSA) is 32.6 Å². The molecule has 0 saturated heterocycles. The number of hydrogen-bond acceptors (Lipinski definition) is 1. The van der Waals surface area contributed by atoms with E-state index in [1.807, 2.05) is 44.2 Å². The summed E-state index contributed by atoms with van der Waals surface area (Å²) in [7, 11) is 4.00. The molecule has 22 heavy (non-hydrogen) atoms. The van der Waals surface area contributed by atoms with E-state index in [4.69, 9.17) is 0 Å². The quantitative estimate of drug-likeness (QED) is 0.680. The van der Waals surface area contributed by atoms with Crippen molar-refractivity contribution in [2.24, 2.45) is 12.0 Å². The highest BCUT2D eigenvalue weighted by atomic mass is 19.1. The molecule has 1 aromatic carbocycles. The molecule has 0 aliphatic rings. The molecule has 1 N–H and O–H groups in total. The fourth-order valence-corrected chi connectivity index (χ4v) is 2.23. The van der Waals surface area contributed by atoms with Gasteiger partial charge in [-0.05, 0) is 25.1 Å². The molecule has 0 aliphatic heterocycles. The zero-order valence-corrected chi connectivity index (χ0v) is 13.4. The lowest BCUT2D eigenvalue weighted by atomic mass is 10.2. The lowest BCUT2D eigenvalue weighted by Crippen LogP contribution is -2.38. The SMILES string of the molecule is CCNC(=NCc1ccccc1F)N(C)Cc1cccn1C. The maximum absolute atomic E-state index is 13.7. The van der Waals surface area contributed by atoms with Gasteiger partial charge in [-0.15, -0.1) is 0 Å². The summed E-state index contributed by atoms with van der Waals surface area (Å²) in [5, 5.41) is 3.25. The molecule has 0 aliphatic carbocycles. The second-order valence-corrected chi connectivity index (χ2v) is 5.23. The minimum absolute atomic E-state index is 0.216. The number of nitrogens with zero attached hydrogens (tertiary/aromatic N) is 3. The van der Waals surface area contributed by atoms with Gasteiger partial charge in [-0.2, -0.15) is 0 Å². The van der Waals surface area contributed by atoms with E-state index in [-0.39, 0.29) is 5.82 Å². The second-order valence-electron chi connectivity index (χ2n) is 5.23. The largest absolute Gasteiger partial charge is 0.357 e. The van der Waals surface area contributed by atoms with Crippen molar-refractivity contribution < 1.29 is 4.39 Å². The van der Waals surface area contributed by atoms with Crippen LogP contribution >= 0.6 is 0 Å². The summed E-state index contributed by atoms with van der Waals surface area (Å²) in [6.07, 6.45) is 2.02. The molecule has 1 heterocycles. The zero-order valence-electron chi connectivity index (χ0n) is 13.4. The van der Waals surface area contributed by atoms with Crippen LogP contribution in [-0.4, -0.2) is 29.0 Å². The maximum atomic E-state index is 13.7. The number of nitrogens with one attached hydrogen (secondary N) is 1. The highest BCUT2D eigenvalue weighted by molar-refractivity contribution is 5.79. The Balaban J connectivity index is 2.09. The van der Waals surface area contributed by atoms with Crippen LogP contribution < -0.4 is 5.32 Å². The average Bonchev–Trinajstić information content (AvgIpc) is 2.90. The predicted octanol–water partition coefficient (Wildman–Crippen LogP) is 2.76. The van der Waals surface area contributed by atoms with Gasteiger partial charge >= 0.3 is 0 Å². The van der Waals surface area contributed by atoms with Gasteiger partial charge in [0.05, 0.1) is 13.1 Å². The minimum atomic E-state index is -0.216. The van der Waals surface area contributed by atoms with Gasteiger partial charge in [0.2, 0.25) is 0 Å². The molecular weight excluding hydrogens is 279 g/mol. The van der Waals surface area contributed by atoms with Crippen molar-refractivity contribution in [3.63, 3.8) is 0 Å². The summed E-state index contributed by atoms with van der Waals surface area (Å²) in [5.41, 5.74) is 1.80. The van der Waals surface area contributed by atoms with Crippen molar-refractivity contribution >= 4 is 5.96 Å². The van der Waals surface area contributed by atoms with Gasteiger partial charge in [0.15, 0.2) is 5.96 Å². The molecule has 2 rings (SSSR count). The Kier molecular flexibility index (Phi) is 5.58. The van der Waals surface area contributed by atoms with Crippen molar-refractivity contribution in [3.05, 3.63) is 59.7 Å². The zero-order chi connectivity index (χ0) is 15.9. The van der Waals surface area contributed by atoms with Gasteiger partial charge < -0.3 is 14.8 Å². The Hall–Kier alpha value is -2.30. The van der Waals surface area contributed by atoms with E-state index in [1.165, 1.54) is 11.8 Å². The van der Waals surface area contributed by atoms with Gasteiger partial charge in [-0.3, -0.25) is 0 Å². The number of benzene rings is 1. The number of hydrogen-bond donors (Lipinski definition) is 1. The van der Waals surface area contributed by atoms with Crippen molar-refractivity contribution in [1.29, 1.82) is 0 Å². The fraction of sp³-hybridized carbons (Fsp3) is 0.353. The molecule has 118 valence electrons. The number of aromatic nitrogens is 1. The molecule has 0 saturated carbocycles. The Morgan fingerprint density at radius 3 is 2.68 bits per heavy atom. The van der Waals surface area contributed by atoms with Crippen LogP contribution in [0, 0.1) is 5.82 Å². The van der Waals surface area contributed by atoms with Gasteiger partial charge in [-0.1, -0.05) is 18.2 Å². The molecule has 2 aromatic rings. The molecule has 0 unspecified atom stereocenters. The molecule has 4 nitrogen and oxygen atoms in total. The van der Waals surface area contributed by atoms with E-state index >= 15 is 0 Å². The highest BCUT2D eigenvalue weighted by Crippen LogP contribution is 2.09. The summed E-state index contributed by atoms with van der Waals surface area (Å²) in [6, 6.07) is 10.8. The normalized spacial score (nSPS) is 11.5. The first-order valence-corrected chi connectivity index (χ1v) is 7.45. The van der Waals surface area contributed by atoms with Crippen LogP contribution in [0.4, 0.5) is 4.39 Å². The van der Waals surface area contributed by atoms with Crippen LogP contribution in [0.5, 0.6) is 0 Å². The molecule has 0 atom stereocenters. The number of aryl methyl sites for hydroxylation is 1. The number of halogens is 1. The number of aliphatic imine (C=N–C) groups is 1. The second kappa shape index (κ2) is 7.64. The smallest absolute Gasteiger partial charge is 0.194 e. The van der Waals surface area contributed by atoms with Gasteiger partial charge in [0.25, 0.3) is 0 Å². The predicted molar refractivity (Wildman–Crippen MR) is 88.1 cm³/mol. The van der Waals surface area contributed by atoms with Gasteiger partial charge in [0, 0.05) is 38.1 Å². The summed E-state index contributed by atoms with van der Waals surface area (Å²) in [4.78, 5) is 6.58. The average molecular weight is 302 g/mol. The van der Waals surface area contributed by atoms with Crippen molar-refractivity contribution in [2.45, 2.75) is 20.0 Å². The van der Waals surface area contributed by atoms with E-state index in [9.17, 15) is 4.39 Å². The first-order valence-electron chi connectivity index (χ1n) is 7.45. The molecule has 0 amide bonds. The van der Waals surface area contributed by atoms with E-state index < -0.39 is 0 Å². The minimum Gasteiger partial charge on any atom is -0.357 e. The van der Waals surface area contributed by atoms with Crippen LogP contribution in [0.1, 0.15) is 18.2 Å². The van der Waals surface area contributed by atoms with Crippen molar-refractivity contribution in [3.8, 4) is 0 Å². The first-order chi connectivity index (χ1) is 10.6. The van der Waals surface area contributed by atoms with Gasteiger partial charge in [-0.25, -0.2) is 9.38 Å². The number of rotatable bonds is 5. The van der Waals surface area contributed by atoms with Crippen molar-refractivity contribution in [1.82, 2.24) is 14.8 Å². The van der Waals surface area contributed by atoms with Crippen molar-refractivity contribution in [2.75, 3.05) is 13.6 Å². The van der Waals surface area contributed by atoms with Crippen LogP contribution in [-0.2, 0) is 20.1 Å². The third-order valence-corrected chi connectivity index (χ3v) is 3.50. The van der Waals surface area contributed by atoms with Crippen LogP contribution in [0.15, 0.2) is 47.6 Å². The fourth-order valence-electron chi connectivity index (χ4n) is 2.23.